The second kappa shape index (κ2) is 10.2. The van der Waals surface area contributed by atoms with Gasteiger partial charge in [-0.3, -0.25) is 9.69 Å². The molecule has 0 unspecified atom stereocenters. The fourth-order valence-electron chi connectivity index (χ4n) is 3.92. The summed E-state index contributed by atoms with van der Waals surface area (Å²) in [6, 6.07) is 18.3. The smallest absolute Gasteiger partial charge is 0.273 e. The van der Waals surface area contributed by atoms with E-state index in [0.29, 0.717) is 24.7 Å². The van der Waals surface area contributed by atoms with Gasteiger partial charge in [-0.1, -0.05) is 47.7 Å². The Labute approximate surface area is 183 Å². The van der Waals surface area contributed by atoms with Crippen LogP contribution in [-0.4, -0.2) is 52.5 Å². The molecule has 0 radical (unpaired) electrons. The van der Waals surface area contributed by atoms with Crippen molar-refractivity contribution >= 4 is 5.91 Å². The maximum Gasteiger partial charge on any atom is 0.273 e. The molecule has 0 atom stereocenters. The van der Waals surface area contributed by atoms with E-state index in [1.807, 2.05) is 24.3 Å². The average molecular weight is 420 g/mol. The maximum absolute atomic E-state index is 12.5. The van der Waals surface area contributed by atoms with Gasteiger partial charge in [-0.15, -0.1) is 5.10 Å². The van der Waals surface area contributed by atoms with E-state index in [0.717, 1.165) is 43.8 Å². The first-order chi connectivity index (χ1) is 15.2. The molecule has 7 heteroatoms. The topological polar surface area (TPSA) is 72.3 Å². The Kier molecular flexibility index (Phi) is 6.94. The summed E-state index contributed by atoms with van der Waals surface area (Å²) in [5.41, 5.74) is 2.78. The number of ether oxygens (including phenoxy) is 1. The van der Waals surface area contributed by atoms with Crippen LogP contribution in [0.3, 0.4) is 0 Å². The zero-order valence-corrected chi connectivity index (χ0v) is 17.9. The largest absolute Gasteiger partial charge is 0.497 e. The molecule has 2 aromatic carbocycles. The van der Waals surface area contributed by atoms with Gasteiger partial charge in [0.25, 0.3) is 5.91 Å². The second-order valence-corrected chi connectivity index (χ2v) is 8.06. The Bertz CT molecular complexity index is 963. The number of likely N-dealkylation sites (tertiary alicyclic amines) is 1. The molecule has 1 aliphatic heterocycles. The van der Waals surface area contributed by atoms with Crippen LogP contribution in [0, 0.1) is 5.92 Å². The van der Waals surface area contributed by atoms with E-state index in [1.54, 1.807) is 18.0 Å². The molecule has 162 valence electrons. The quantitative estimate of drug-likeness (QED) is 0.608. The van der Waals surface area contributed by atoms with Gasteiger partial charge in [0.1, 0.15) is 5.75 Å². The van der Waals surface area contributed by atoms with Gasteiger partial charge >= 0.3 is 0 Å². The van der Waals surface area contributed by atoms with E-state index in [9.17, 15) is 4.79 Å². The van der Waals surface area contributed by atoms with Gasteiger partial charge in [-0.05, 0) is 55.1 Å². The number of nitrogens with one attached hydrogen (secondary N) is 1. The number of piperidine rings is 1. The summed E-state index contributed by atoms with van der Waals surface area (Å²) in [6.07, 6.45) is 3.89. The normalized spacial score (nSPS) is 15.0. The summed E-state index contributed by atoms with van der Waals surface area (Å²) in [6.45, 7) is 4.37. The fraction of sp³-hybridized carbons (Fsp3) is 0.375. The van der Waals surface area contributed by atoms with Gasteiger partial charge in [-0.2, -0.15) is 0 Å². The first kappa shape index (κ1) is 21.1. The number of hydrogen-bond acceptors (Lipinski definition) is 5. The molecule has 0 spiro atoms. The lowest BCUT2D eigenvalue weighted by atomic mass is 9.96. The zero-order chi connectivity index (χ0) is 21.5. The van der Waals surface area contributed by atoms with Gasteiger partial charge < -0.3 is 10.1 Å². The molecule has 0 saturated carbocycles. The molecule has 2 heterocycles. The first-order valence-corrected chi connectivity index (χ1v) is 10.8. The van der Waals surface area contributed by atoms with Crippen molar-refractivity contribution < 1.29 is 9.53 Å². The molecule has 0 bridgehead atoms. The molecule has 1 saturated heterocycles. The van der Waals surface area contributed by atoms with Gasteiger partial charge in [0.05, 0.1) is 19.9 Å². The monoisotopic (exact) mass is 419 g/mol. The Morgan fingerprint density at radius 3 is 2.45 bits per heavy atom. The second-order valence-electron chi connectivity index (χ2n) is 8.06. The predicted molar refractivity (Wildman–Crippen MR) is 119 cm³/mol. The number of nitrogens with zero attached hydrogens (tertiary/aromatic N) is 4. The Balaban J connectivity index is 1.20. The molecule has 1 aromatic heterocycles. The van der Waals surface area contributed by atoms with Crippen LogP contribution >= 0.6 is 0 Å². The zero-order valence-electron chi connectivity index (χ0n) is 17.9. The van der Waals surface area contributed by atoms with E-state index in [2.05, 4.69) is 50.9 Å². The van der Waals surface area contributed by atoms with Crippen LogP contribution in [0.25, 0.3) is 0 Å². The van der Waals surface area contributed by atoms with Crippen LogP contribution in [-0.2, 0) is 13.1 Å². The first-order valence-electron chi connectivity index (χ1n) is 10.8. The molecular formula is C24H29N5O2. The summed E-state index contributed by atoms with van der Waals surface area (Å²) in [5, 5.41) is 11.2. The standard InChI is InChI=1S/C24H29N5O2/c1-31-22-9-7-21(8-10-22)17-29-18-23(26-27-29)24(30)25-15-19-11-13-28(14-12-19)16-20-5-3-2-4-6-20/h2-10,18-19H,11-17H2,1H3,(H,25,30). The number of hydrogen-bond donors (Lipinski definition) is 1. The van der Waals surface area contributed by atoms with Crippen molar-refractivity contribution in [3.05, 3.63) is 77.6 Å². The highest BCUT2D eigenvalue weighted by Gasteiger charge is 2.20. The lowest BCUT2D eigenvalue weighted by molar-refractivity contribution is 0.0930. The number of rotatable bonds is 8. The highest BCUT2D eigenvalue weighted by molar-refractivity contribution is 5.91. The summed E-state index contributed by atoms with van der Waals surface area (Å²) in [5.74, 6) is 1.16. The number of carbonyl (C=O) groups is 1. The third kappa shape index (κ3) is 5.92. The van der Waals surface area contributed by atoms with Crippen LogP contribution in [0.15, 0.2) is 60.8 Å². The Morgan fingerprint density at radius 1 is 1.03 bits per heavy atom. The molecule has 1 N–H and O–H groups in total. The van der Waals surface area contributed by atoms with E-state index >= 15 is 0 Å². The third-order valence-corrected chi connectivity index (χ3v) is 5.78. The summed E-state index contributed by atoms with van der Waals surface area (Å²) in [4.78, 5) is 15.0. The van der Waals surface area contributed by atoms with Crippen LogP contribution in [0.2, 0.25) is 0 Å². The number of amides is 1. The molecule has 0 aliphatic carbocycles. The Morgan fingerprint density at radius 2 is 1.74 bits per heavy atom. The number of aromatic nitrogens is 3. The SMILES string of the molecule is COc1ccc(Cn2cc(C(=O)NCC3CCN(Cc4ccccc4)CC3)nn2)cc1. The Hall–Kier alpha value is -3.19. The van der Waals surface area contributed by atoms with Crippen molar-refractivity contribution in [1.29, 1.82) is 0 Å². The van der Waals surface area contributed by atoms with Crippen LogP contribution < -0.4 is 10.1 Å². The number of benzene rings is 2. The van der Waals surface area contributed by atoms with Gasteiger partial charge in [-0.25, -0.2) is 4.68 Å². The molecule has 31 heavy (non-hydrogen) atoms. The summed E-state index contributed by atoms with van der Waals surface area (Å²) < 4.78 is 6.85. The van der Waals surface area contributed by atoms with Crippen molar-refractivity contribution in [3.8, 4) is 5.75 Å². The molecular weight excluding hydrogens is 390 g/mol. The minimum absolute atomic E-state index is 0.160. The maximum atomic E-state index is 12.5. The minimum Gasteiger partial charge on any atom is -0.497 e. The highest BCUT2D eigenvalue weighted by atomic mass is 16.5. The molecule has 1 aliphatic rings. The highest BCUT2D eigenvalue weighted by Crippen LogP contribution is 2.18. The van der Waals surface area contributed by atoms with Crippen molar-refractivity contribution in [3.63, 3.8) is 0 Å². The third-order valence-electron chi connectivity index (χ3n) is 5.78. The van der Waals surface area contributed by atoms with Crippen LogP contribution in [0.4, 0.5) is 0 Å². The van der Waals surface area contributed by atoms with E-state index in [-0.39, 0.29) is 5.91 Å². The van der Waals surface area contributed by atoms with Gasteiger partial charge in [0, 0.05) is 13.1 Å². The number of methoxy groups -OCH3 is 1. The van der Waals surface area contributed by atoms with Gasteiger partial charge in [0.15, 0.2) is 5.69 Å². The predicted octanol–water partition coefficient (Wildman–Crippen LogP) is 2.98. The average Bonchev–Trinajstić information content (AvgIpc) is 3.28. The molecule has 7 nitrogen and oxygen atoms in total. The number of carbonyl (C=O) groups excluding carboxylic acids is 1. The van der Waals surface area contributed by atoms with E-state index in [4.69, 9.17) is 4.74 Å². The minimum atomic E-state index is -0.160. The van der Waals surface area contributed by atoms with Crippen molar-refractivity contribution in [1.82, 2.24) is 25.2 Å². The lowest BCUT2D eigenvalue weighted by Crippen LogP contribution is -2.38. The van der Waals surface area contributed by atoms with Crippen molar-refractivity contribution in [2.75, 3.05) is 26.7 Å². The van der Waals surface area contributed by atoms with E-state index < -0.39 is 0 Å². The lowest BCUT2D eigenvalue weighted by Gasteiger charge is -2.32. The summed E-state index contributed by atoms with van der Waals surface area (Å²) >= 11 is 0. The molecule has 3 aromatic rings. The van der Waals surface area contributed by atoms with Crippen LogP contribution in [0.5, 0.6) is 5.75 Å². The van der Waals surface area contributed by atoms with Crippen molar-refractivity contribution in [2.24, 2.45) is 5.92 Å². The summed E-state index contributed by atoms with van der Waals surface area (Å²) in [7, 11) is 1.64. The van der Waals surface area contributed by atoms with E-state index in [1.165, 1.54) is 5.56 Å². The van der Waals surface area contributed by atoms with Gasteiger partial charge in [0.2, 0.25) is 0 Å². The molecule has 4 rings (SSSR count). The van der Waals surface area contributed by atoms with Crippen molar-refractivity contribution in [2.45, 2.75) is 25.9 Å². The van der Waals surface area contributed by atoms with Crippen LogP contribution in [0.1, 0.15) is 34.5 Å². The molecule has 1 fully saturated rings. The molecule has 1 amide bonds. The fourth-order valence-corrected chi connectivity index (χ4v) is 3.92.